The molecule has 2 aliphatic rings. The summed E-state index contributed by atoms with van der Waals surface area (Å²) in [7, 11) is 0. The minimum atomic E-state index is -0.809. The Hall–Kier alpha value is -3.81. The predicted molar refractivity (Wildman–Crippen MR) is 184 cm³/mol. The lowest BCUT2D eigenvalue weighted by molar-refractivity contribution is -0.156. The number of amides is 2. The number of aromatic nitrogens is 2. The third-order valence-corrected chi connectivity index (χ3v) is 9.84. The van der Waals surface area contributed by atoms with E-state index in [1.54, 1.807) is 17.4 Å². The van der Waals surface area contributed by atoms with Gasteiger partial charge < -0.3 is 29.5 Å². The second-order valence-corrected chi connectivity index (χ2v) is 15.0. The van der Waals surface area contributed by atoms with Crippen molar-refractivity contribution < 1.29 is 28.8 Å². The van der Waals surface area contributed by atoms with Crippen molar-refractivity contribution in [3.05, 3.63) is 52.9 Å². The van der Waals surface area contributed by atoms with Gasteiger partial charge in [0.05, 0.1) is 34.8 Å². The van der Waals surface area contributed by atoms with E-state index in [4.69, 9.17) is 9.26 Å². The molecule has 2 amide bonds. The molecule has 4 heterocycles. The number of hydrogen-bond donors (Lipinski definition) is 2. The first-order valence-electron chi connectivity index (χ1n) is 16.6. The molecule has 4 atom stereocenters. The quantitative estimate of drug-likeness (QED) is 0.300. The van der Waals surface area contributed by atoms with Crippen LogP contribution in [0.3, 0.4) is 0 Å². The van der Waals surface area contributed by atoms with Crippen molar-refractivity contribution >= 4 is 34.9 Å². The highest BCUT2D eigenvalue weighted by Gasteiger charge is 2.43. The van der Waals surface area contributed by atoms with E-state index in [0.29, 0.717) is 37.8 Å². The fraction of sp³-hybridized carbons (Fsp3) is 0.571. The van der Waals surface area contributed by atoms with Gasteiger partial charge in [0.2, 0.25) is 11.8 Å². The van der Waals surface area contributed by atoms with Crippen molar-refractivity contribution in [3.8, 4) is 10.4 Å². The molecule has 260 valence electrons. The molecule has 2 unspecified atom stereocenters. The molecule has 0 radical (unpaired) electrons. The van der Waals surface area contributed by atoms with Gasteiger partial charge in [-0.05, 0) is 51.7 Å². The fourth-order valence-electron chi connectivity index (χ4n) is 6.38. The van der Waals surface area contributed by atoms with Crippen LogP contribution in [0.25, 0.3) is 10.4 Å². The molecule has 13 heteroatoms. The number of carbonyl (C=O) groups is 3. The van der Waals surface area contributed by atoms with Gasteiger partial charge in [0.25, 0.3) is 0 Å². The standard InChI is InChI=1S/C35H48N6O6S/c1-21(2)31(28-17-29(38-47-28)40-14-12-39(13-15-40)19-30(43)46-35(5,6)7)34(45)41-18-26(42)16-27(41)33(44)37-22(3)24-8-10-25(11-9-24)32-23(4)36-20-48-32/h8-11,17,20-22,26-27,31,42H,12-16,18-19H2,1-7H3,(H,37,44)/t22?,26-,27+,31?/m1/s1. The molecular weight excluding hydrogens is 632 g/mol. The highest BCUT2D eigenvalue weighted by molar-refractivity contribution is 7.13. The van der Waals surface area contributed by atoms with Gasteiger partial charge in [-0.1, -0.05) is 43.3 Å². The van der Waals surface area contributed by atoms with Crippen LogP contribution in [0.5, 0.6) is 0 Å². The van der Waals surface area contributed by atoms with Gasteiger partial charge in [0.15, 0.2) is 11.6 Å². The Morgan fingerprint density at radius 3 is 2.40 bits per heavy atom. The van der Waals surface area contributed by atoms with Crippen LogP contribution < -0.4 is 10.2 Å². The summed E-state index contributed by atoms with van der Waals surface area (Å²) in [6.07, 6.45) is -0.648. The van der Waals surface area contributed by atoms with Crippen molar-refractivity contribution in [2.45, 2.75) is 84.6 Å². The smallest absolute Gasteiger partial charge is 0.320 e. The van der Waals surface area contributed by atoms with Gasteiger partial charge in [-0.2, -0.15) is 0 Å². The average Bonchev–Trinajstić information content (AvgIpc) is 3.77. The van der Waals surface area contributed by atoms with Crippen LogP contribution >= 0.6 is 11.3 Å². The summed E-state index contributed by atoms with van der Waals surface area (Å²) in [5.41, 5.74) is 4.30. The molecule has 0 saturated carbocycles. The molecular formula is C35H48N6O6S. The number of esters is 1. The lowest BCUT2D eigenvalue weighted by Gasteiger charge is -2.34. The lowest BCUT2D eigenvalue weighted by atomic mass is 9.91. The van der Waals surface area contributed by atoms with E-state index in [-0.39, 0.29) is 49.3 Å². The molecule has 1 aromatic carbocycles. The number of ether oxygens (including phenoxy) is 1. The number of carbonyl (C=O) groups excluding carboxylic acids is 3. The zero-order valence-corrected chi connectivity index (χ0v) is 29.7. The van der Waals surface area contributed by atoms with Crippen LogP contribution in [0.15, 0.2) is 40.4 Å². The largest absolute Gasteiger partial charge is 0.459 e. The Labute approximate surface area is 286 Å². The van der Waals surface area contributed by atoms with E-state index in [9.17, 15) is 19.5 Å². The Balaban J connectivity index is 1.21. The van der Waals surface area contributed by atoms with Crippen molar-refractivity contribution in [1.82, 2.24) is 25.3 Å². The molecule has 5 rings (SSSR count). The maximum atomic E-state index is 14.1. The maximum Gasteiger partial charge on any atom is 0.320 e. The molecule has 3 aromatic rings. The molecule has 2 fully saturated rings. The van der Waals surface area contributed by atoms with Crippen molar-refractivity contribution in [3.63, 3.8) is 0 Å². The van der Waals surface area contributed by atoms with Gasteiger partial charge in [0, 0.05) is 45.2 Å². The number of rotatable bonds is 10. The number of likely N-dealkylation sites (tertiary alicyclic amines) is 1. The summed E-state index contributed by atoms with van der Waals surface area (Å²) in [6, 6.07) is 8.72. The number of nitrogens with one attached hydrogen (secondary N) is 1. The number of β-amino-alcohol motifs (C(OH)–C–C–N with tert-alkyl or cyclic N) is 1. The highest BCUT2D eigenvalue weighted by Crippen LogP contribution is 2.33. The average molecular weight is 681 g/mol. The monoisotopic (exact) mass is 680 g/mol. The van der Waals surface area contributed by atoms with Gasteiger partial charge in [0.1, 0.15) is 17.6 Å². The number of hydrogen-bond acceptors (Lipinski definition) is 11. The molecule has 12 nitrogen and oxygen atoms in total. The summed E-state index contributed by atoms with van der Waals surface area (Å²) in [5, 5.41) is 18.0. The third-order valence-electron chi connectivity index (χ3n) is 8.87. The van der Waals surface area contributed by atoms with Crippen molar-refractivity contribution in [2.24, 2.45) is 5.92 Å². The van der Waals surface area contributed by atoms with Crippen molar-refractivity contribution in [2.75, 3.05) is 44.2 Å². The molecule has 0 spiro atoms. The van der Waals surface area contributed by atoms with E-state index in [1.807, 2.05) is 78.2 Å². The van der Waals surface area contributed by atoms with Crippen molar-refractivity contribution in [1.29, 1.82) is 0 Å². The summed E-state index contributed by atoms with van der Waals surface area (Å²) < 4.78 is 11.2. The van der Waals surface area contributed by atoms with E-state index in [0.717, 1.165) is 21.7 Å². The normalized spacial score (nSPS) is 20.2. The van der Waals surface area contributed by atoms with Gasteiger partial charge in [-0.15, -0.1) is 11.3 Å². The number of thiazole rings is 1. The Kier molecular flexibility index (Phi) is 10.9. The number of aliphatic hydroxyl groups excluding tert-OH is 1. The van der Waals surface area contributed by atoms with Gasteiger partial charge >= 0.3 is 5.97 Å². The van der Waals surface area contributed by atoms with Crippen LogP contribution in [0.1, 0.15) is 76.9 Å². The minimum absolute atomic E-state index is 0.0675. The first kappa shape index (κ1) is 35.5. The number of aryl methyl sites for hydroxylation is 1. The zero-order chi connectivity index (χ0) is 34.7. The van der Waals surface area contributed by atoms with E-state index in [1.165, 1.54) is 4.90 Å². The van der Waals surface area contributed by atoms with Crippen LogP contribution in [-0.2, 0) is 19.1 Å². The molecule has 0 aliphatic carbocycles. The minimum Gasteiger partial charge on any atom is -0.459 e. The number of piperazine rings is 1. The molecule has 2 saturated heterocycles. The fourth-order valence-corrected chi connectivity index (χ4v) is 7.19. The van der Waals surface area contributed by atoms with Crippen LogP contribution in [0.4, 0.5) is 5.82 Å². The van der Waals surface area contributed by atoms with Crippen LogP contribution in [0, 0.1) is 12.8 Å². The summed E-state index contributed by atoms with van der Waals surface area (Å²) in [4.78, 5) is 51.0. The maximum absolute atomic E-state index is 14.1. The summed E-state index contributed by atoms with van der Waals surface area (Å²) >= 11 is 1.59. The summed E-state index contributed by atoms with van der Waals surface area (Å²) in [5.74, 6) is -0.607. The third kappa shape index (κ3) is 8.42. The second-order valence-electron chi connectivity index (χ2n) is 14.2. The molecule has 0 bridgehead atoms. The Bertz CT molecular complexity index is 1570. The first-order valence-corrected chi connectivity index (χ1v) is 17.5. The van der Waals surface area contributed by atoms with E-state index >= 15 is 0 Å². The molecule has 2 aliphatic heterocycles. The van der Waals surface area contributed by atoms with Crippen LogP contribution in [0.2, 0.25) is 0 Å². The van der Waals surface area contributed by atoms with E-state index < -0.39 is 23.7 Å². The van der Waals surface area contributed by atoms with E-state index in [2.05, 4.69) is 25.3 Å². The second kappa shape index (κ2) is 14.8. The summed E-state index contributed by atoms with van der Waals surface area (Å²) in [6.45, 7) is 16.2. The number of anilines is 1. The highest BCUT2D eigenvalue weighted by atomic mass is 32.1. The van der Waals surface area contributed by atoms with Crippen LogP contribution in [-0.4, -0.2) is 99.8 Å². The van der Waals surface area contributed by atoms with Gasteiger partial charge in [-0.3, -0.25) is 19.3 Å². The number of aliphatic hydroxyl groups is 1. The zero-order valence-electron chi connectivity index (χ0n) is 28.9. The Morgan fingerprint density at radius 1 is 1.10 bits per heavy atom. The number of nitrogens with zero attached hydrogens (tertiary/aromatic N) is 5. The topological polar surface area (TPSA) is 141 Å². The first-order chi connectivity index (χ1) is 22.7. The molecule has 48 heavy (non-hydrogen) atoms. The Morgan fingerprint density at radius 2 is 1.79 bits per heavy atom. The van der Waals surface area contributed by atoms with Gasteiger partial charge in [-0.25, -0.2) is 4.98 Å². The molecule has 2 N–H and O–H groups in total. The molecule has 2 aromatic heterocycles. The predicted octanol–water partition coefficient (Wildman–Crippen LogP) is 4.15. The lowest BCUT2D eigenvalue weighted by Crippen LogP contribution is -2.49. The SMILES string of the molecule is Cc1ncsc1-c1ccc(C(C)NC(=O)[C@@H]2C[C@@H](O)CN2C(=O)C(c2cc(N3CCN(CC(=O)OC(C)(C)C)CC3)no2)C(C)C)cc1. The number of benzene rings is 1.